The van der Waals surface area contributed by atoms with Crippen molar-refractivity contribution < 1.29 is 9.53 Å². The average Bonchev–Trinajstić information content (AvgIpc) is 2.62. The molecule has 2 aromatic carbocycles. The maximum absolute atomic E-state index is 12.4. The van der Waals surface area contributed by atoms with E-state index in [0.29, 0.717) is 0 Å². The highest BCUT2D eigenvalue weighted by Crippen LogP contribution is 2.41. The Labute approximate surface area is 143 Å². The Hall–Kier alpha value is -2.03. The topological polar surface area (TPSA) is 38.3 Å². The molecule has 2 aromatic rings. The van der Waals surface area contributed by atoms with Gasteiger partial charge in [-0.2, -0.15) is 0 Å². The molecule has 0 spiro atoms. The Bertz CT molecular complexity index is 721. The van der Waals surface area contributed by atoms with Crippen LogP contribution in [-0.4, -0.2) is 12.2 Å². The van der Waals surface area contributed by atoms with Crippen molar-refractivity contribution in [2.45, 2.75) is 51.0 Å². The van der Waals surface area contributed by atoms with Crippen LogP contribution in [0.4, 0.5) is 10.5 Å². The third kappa shape index (κ3) is 3.26. The van der Waals surface area contributed by atoms with Crippen LogP contribution in [0, 0.1) is 11.8 Å². The minimum atomic E-state index is -0.314. The predicted octanol–water partition coefficient (Wildman–Crippen LogP) is 5.75. The van der Waals surface area contributed by atoms with Crippen molar-refractivity contribution >= 4 is 22.6 Å². The SMILES string of the molecule is O=C(Nc1cccc2ccccc12)O[C@H]1CC[C@@H]2CCCC[C@@H]2C1. The van der Waals surface area contributed by atoms with E-state index in [4.69, 9.17) is 4.74 Å². The average molecular weight is 323 g/mol. The van der Waals surface area contributed by atoms with Crippen molar-refractivity contribution in [3.63, 3.8) is 0 Å². The molecule has 2 saturated carbocycles. The van der Waals surface area contributed by atoms with Gasteiger partial charge in [0, 0.05) is 5.39 Å². The number of rotatable bonds is 2. The molecule has 24 heavy (non-hydrogen) atoms. The number of anilines is 1. The van der Waals surface area contributed by atoms with E-state index in [1.165, 1.54) is 32.1 Å². The van der Waals surface area contributed by atoms with Gasteiger partial charge in [-0.15, -0.1) is 0 Å². The molecule has 1 amide bonds. The number of hydrogen-bond acceptors (Lipinski definition) is 2. The van der Waals surface area contributed by atoms with Crippen LogP contribution in [-0.2, 0) is 4.74 Å². The molecule has 2 aliphatic rings. The first-order valence-electron chi connectivity index (χ1n) is 9.25. The van der Waals surface area contributed by atoms with Gasteiger partial charge in [0.15, 0.2) is 0 Å². The van der Waals surface area contributed by atoms with Gasteiger partial charge in [0.25, 0.3) is 0 Å². The van der Waals surface area contributed by atoms with E-state index >= 15 is 0 Å². The van der Waals surface area contributed by atoms with Gasteiger partial charge in [-0.05, 0) is 42.6 Å². The Morgan fingerprint density at radius 2 is 1.71 bits per heavy atom. The minimum absolute atomic E-state index is 0.0827. The Kier molecular flexibility index (Phi) is 4.42. The van der Waals surface area contributed by atoms with Crippen LogP contribution in [0.25, 0.3) is 10.8 Å². The summed E-state index contributed by atoms with van der Waals surface area (Å²) in [5.41, 5.74) is 0.824. The molecule has 2 fully saturated rings. The van der Waals surface area contributed by atoms with Gasteiger partial charge in [-0.1, -0.05) is 62.1 Å². The van der Waals surface area contributed by atoms with E-state index in [-0.39, 0.29) is 12.2 Å². The summed E-state index contributed by atoms with van der Waals surface area (Å²) in [5.74, 6) is 1.64. The van der Waals surface area contributed by atoms with Crippen molar-refractivity contribution in [2.75, 3.05) is 5.32 Å². The Morgan fingerprint density at radius 3 is 2.62 bits per heavy atom. The summed E-state index contributed by atoms with van der Waals surface area (Å²) in [5, 5.41) is 5.12. The lowest BCUT2D eigenvalue weighted by Gasteiger charge is -2.38. The number of benzene rings is 2. The third-order valence-corrected chi connectivity index (χ3v) is 5.79. The molecule has 3 nitrogen and oxygen atoms in total. The first-order chi connectivity index (χ1) is 11.8. The lowest BCUT2D eigenvalue weighted by molar-refractivity contribution is 0.0339. The molecule has 0 radical (unpaired) electrons. The molecule has 3 atom stereocenters. The maximum atomic E-state index is 12.4. The first-order valence-corrected chi connectivity index (χ1v) is 9.25. The minimum Gasteiger partial charge on any atom is -0.446 e. The lowest BCUT2D eigenvalue weighted by Crippen LogP contribution is -2.34. The number of nitrogens with one attached hydrogen (secondary N) is 1. The van der Waals surface area contributed by atoms with E-state index in [9.17, 15) is 4.79 Å². The van der Waals surface area contributed by atoms with Crippen LogP contribution in [0.5, 0.6) is 0 Å². The zero-order valence-electron chi connectivity index (χ0n) is 14.0. The summed E-state index contributed by atoms with van der Waals surface area (Å²) in [6.45, 7) is 0. The van der Waals surface area contributed by atoms with E-state index in [2.05, 4.69) is 17.4 Å². The molecular formula is C21H25NO2. The fourth-order valence-electron chi connectivity index (χ4n) is 4.56. The van der Waals surface area contributed by atoms with Gasteiger partial charge in [0.05, 0.1) is 5.69 Å². The summed E-state index contributed by atoms with van der Waals surface area (Å²) < 4.78 is 5.74. The van der Waals surface area contributed by atoms with Crippen molar-refractivity contribution in [1.82, 2.24) is 0 Å². The van der Waals surface area contributed by atoms with Gasteiger partial charge in [-0.25, -0.2) is 4.79 Å². The highest BCUT2D eigenvalue weighted by atomic mass is 16.6. The molecule has 1 N–H and O–H groups in total. The standard InChI is InChI=1S/C21H25NO2/c23-21(22-20-11-5-9-16-7-3-4-10-19(16)20)24-18-13-12-15-6-1-2-8-17(15)14-18/h3-5,7,9-11,15,17-18H,1-2,6,8,12-14H2,(H,22,23)/t15-,17+,18-/m0/s1. The normalized spacial score (nSPS) is 26.6. The van der Waals surface area contributed by atoms with Gasteiger partial charge in [-0.3, -0.25) is 5.32 Å². The molecular weight excluding hydrogens is 298 g/mol. The summed E-state index contributed by atoms with van der Waals surface area (Å²) in [4.78, 5) is 12.4. The van der Waals surface area contributed by atoms with E-state index in [1.54, 1.807) is 0 Å². The third-order valence-electron chi connectivity index (χ3n) is 5.79. The monoisotopic (exact) mass is 323 g/mol. The molecule has 126 valence electrons. The molecule has 0 unspecified atom stereocenters. The van der Waals surface area contributed by atoms with Crippen molar-refractivity contribution in [3.8, 4) is 0 Å². The second-order valence-corrected chi connectivity index (χ2v) is 7.30. The van der Waals surface area contributed by atoms with E-state index < -0.39 is 0 Å². The van der Waals surface area contributed by atoms with Crippen LogP contribution in [0.15, 0.2) is 42.5 Å². The predicted molar refractivity (Wildman–Crippen MR) is 97.1 cm³/mol. The summed E-state index contributed by atoms with van der Waals surface area (Å²) in [6.07, 6.45) is 8.47. The first kappa shape index (κ1) is 15.5. The van der Waals surface area contributed by atoms with Crippen LogP contribution < -0.4 is 5.32 Å². The maximum Gasteiger partial charge on any atom is 0.411 e. The summed E-state index contributed by atoms with van der Waals surface area (Å²) in [6, 6.07) is 14.0. The largest absolute Gasteiger partial charge is 0.446 e. The second kappa shape index (κ2) is 6.84. The number of carbonyl (C=O) groups excluding carboxylic acids is 1. The fourth-order valence-corrected chi connectivity index (χ4v) is 4.56. The van der Waals surface area contributed by atoms with E-state index in [0.717, 1.165) is 41.1 Å². The highest BCUT2D eigenvalue weighted by Gasteiger charge is 2.33. The van der Waals surface area contributed by atoms with Crippen LogP contribution in [0.2, 0.25) is 0 Å². The van der Waals surface area contributed by atoms with Crippen molar-refractivity contribution in [1.29, 1.82) is 0 Å². The smallest absolute Gasteiger partial charge is 0.411 e. The van der Waals surface area contributed by atoms with Gasteiger partial charge in [0.1, 0.15) is 6.10 Å². The quantitative estimate of drug-likeness (QED) is 0.764. The molecule has 0 saturated heterocycles. The zero-order chi connectivity index (χ0) is 16.4. The molecule has 0 aromatic heterocycles. The van der Waals surface area contributed by atoms with Gasteiger partial charge >= 0.3 is 6.09 Å². The van der Waals surface area contributed by atoms with Crippen LogP contribution >= 0.6 is 0 Å². The number of amides is 1. The molecule has 2 aliphatic carbocycles. The van der Waals surface area contributed by atoms with Gasteiger partial charge in [0.2, 0.25) is 0 Å². The second-order valence-electron chi connectivity index (χ2n) is 7.30. The number of hydrogen-bond donors (Lipinski definition) is 1. The molecule has 0 heterocycles. The molecule has 0 bridgehead atoms. The summed E-state index contributed by atoms with van der Waals surface area (Å²) in [7, 11) is 0. The lowest BCUT2D eigenvalue weighted by atomic mass is 9.70. The number of fused-ring (bicyclic) bond motifs is 2. The fraction of sp³-hybridized carbons (Fsp3) is 0.476. The van der Waals surface area contributed by atoms with Crippen molar-refractivity contribution in [3.05, 3.63) is 42.5 Å². The molecule has 3 heteroatoms. The Morgan fingerprint density at radius 1 is 0.917 bits per heavy atom. The summed E-state index contributed by atoms with van der Waals surface area (Å²) >= 11 is 0. The van der Waals surface area contributed by atoms with Crippen LogP contribution in [0.3, 0.4) is 0 Å². The zero-order valence-corrected chi connectivity index (χ0v) is 14.0. The highest BCUT2D eigenvalue weighted by molar-refractivity contribution is 6.00. The molecule has 0 aliphatic heterocycles. The van der Waals surface area contributed by atoms with E-state index in [1.807, 2.05) is 30.3 Å². The number of ether oxygens (including phenoxy) is 1. The molecule has 4 rings (SSSR count). The Balaban J connectivity index is 1.39. The van der Waals surface area contributed by atoms with Gasteiger partial charge < -0.3 is 4.74 Å². The van der Waals surface area contributed by atoms with Crippen molar-refractivity contribution in [2.24, 2.45) is 11.8 Å². The number of carbonyl (C=O) groups is 1. The van der Waals surface area contributed by atoms with Crippen LogP contribution in [0.1, 0.15) is 44.9 Å².